The van der Waals surface area contributed by atoms with Gasteiger partial charge < -0.3 is 15.1 Å². The van der Waals surface area contributed by atoms with Crippen LogP contribution in [0.5, 0.6) is 5.88 Å². The molecule has 0 saturated carbocycles. The van der Waals surface area contributed by atoms with Gasteiger partial charge in [-0.15, -0.1) is 4.91 Å². The molecule has 0 radical (unpaired) electrons. The van der Waals surface area contributed by atoms with Gasteiger partial charge in [0.15, 0.2) is 5.34 Å². The summed E-state index contributed by atoms with van der Waals surface area (Å²) < 4.78 is 5.21. The summed E-state index contributed by atoms with van der Waals surface area (Å²) in [7, 11) is 1.43. The van der Waals surface area contributed by atoms with Gasteiger partial charge in [0.05, 0.1) is 17.1 Å². The maximum atomic E-state index is 10.6. The first-order chi connectivity index (χ1) is 7.06. The van der Waals surface area contributed by atoms with E-state index in [-0.39, 0.29) is 11.4 Å². The van der Waals surface area contributed by atoms with Gasteiger partial charge in [-0.1, -0.05) is 0 Å². The van der Waals surface area contributed by atoms with Crippen LogP contribution in [0.4, 0.5) is 0 Å². The Hall–Kier alpha value is -1.70. The van der Waals surface area contributed by atoms with E-state index in [2.05, 4.69) is 20.9 Å². The van der Waals surface area contributed by atoms with Crippen molar-refractivity contribution in [2.24, 2.45) is 5.34 Å². The van der Waals surface area contributed by atoms with Crippen LogP contribution in [0.2, 0.25) is 0 Å². The number of aromatic carboxylic acids is 1. The Balaban J connectivity index is 0.000000583. The molecule has 0 saturated heterocycles. The molecule has 1 heterocycles. The minimum Gasteiger partial charge on any atom is -0.481 e. The average molecular weight is 279 g/mol. The Morgan fingerprint density at radius 3 is 2.60 bits per heavy atom. The fourth-order valence-electron chi connectivity index (χ4n) is 0.695. The molecule has 0 spiro atoms. The molecule has 2 N–H and O–H groups in total. The van der Waals surface area contributed by atoms with Crippen LogP contribution >= 0.6 is 15.9 Å². The van der Waals surface area contributed by atoms with Gasteiger partial charge in [0.2, 0.25) is 5.88 Å². The second-order valence-corrected chi connectivity index (χ2v) is 2.95. The number of aromatic nitrogens is 1. The van der Waals surface area contributed by atoms with Crippen LogP contribution in [-0.2, 0) is 0 Å². The molecule has 0 aliphatic heterocycles. The minimum absolute atomic E-state index is 0.141. The van der Waals surface area contributed by atoms with Gasteiger partial charge in [0.1, 0.15) is 0 Å². The maximum absolute atomic E-state index is 10.6. The van der Waals surface area contributed by atoms with E-state index in [0.29, 0.717) is 4.47 Å². The molecule has 0 atom stereocenters. The number of ether oxygens (including phenoxy) is 1. The van der Waals surface area contributed by atoms with Crippen molar-refractivity contribution in [1.29, 1.82) is 0 Å². The zero-order valence-corrected chi connectivity index (χ0v) is 9.13. The molecule has 1 rings (SSSR count). The summed E-state index contributed by atoms with van der Waals surface area (Å²) >= 11 is 3.06. The third kappa shape index (κ3) is 4.36. The number of nitrogens with zero attached hydrogens (tertiary/aromatic N) is 2. The van der Waals surface area contributed by atoms with Gasteiger partial charge in [-0.2, -0.15) is 0 Å². The number of methoxy groups -OCH3 is 1. The van der Waals surface area contributed by atoms with Gasteiger partial charge in [-0.05, 0) is 15.9 Å². The van der Waals surface area contributed by atoms with Crippen LogP contribution in [0.1, 0.15) is 10.4 Å². The van der Waals surface area contributed by atoms with Crippen LogP contribution < -0.4 is 4.74 Å². The quantitative estimate of drug-likeness (QED) is 0.629. The van der Waals surface area contributed by atoms with Gasteiger partial charge in [-0.3, -0.25) is 0 Å². The molecular formula is C7H7BrN2O5. The largest absolute Gasteiger partial charge is 0.481 e. The molecule has 0 amide bonds. The van der Waals surface area contributed by atoms with E-state index >= 15 is 0 Å². The molecule has 1 aromatic rings. The Morgan fingerprint density at radius 2 is 2.20 bits per heavy atom. The lowest BCUT2D eigenvalue weighted by Crippen LogP contribution is -1.99. The summed E-state index contributed by atoms with van der Waals surface area (Å²) in [5.41, 5.74) is 0.141. The lowest BCUT2D eigenvalue weighted by Gasteiger charge is -2.01. The van der Waals surface area contributed by atoms with Crippen molar-refractivity contribution >= 4 is 21.9 Å². The van der Waals surface area contributed by atoms with Crippen LogP contribution in [0.25, 0.3) is 0 Å². The van der Waals surface area contributed by atoms with Crippen molar-refractivity contribution < 1.29 is 19.8 Å². The van der Waals surface area contributed by atoms with Crippen molar-refractivity contribution in [3.63, 3.8) is 0 Å². The molecular weight excluding hydrogens is 272 g/mol. The first-order valence-corrected chi connectivity index (χ1v) is 4.25. The molecule has 8 heteroatoms. The van der Waals surface area contributed by atoms with Crippen LogP contribution in [0.15, 0.2) is 22.1 Å². The van der Waals surface area contributed by atoms with E-state index in [4.69, 9.17) is 20.0 Å². The van der Waals surface area contributed by atoms with Gasteiger partial charge >= 0.3 is 5.97 Å². The van der Waals surface area contributed by atoms with Crippen molar-refractivity contribution in [2.45, 2.75) is 0 Å². The lowest BCUT2D eigenvalue weighted by molar-refractivity contribution is 0.0695. The number of rotatable bonds is 2. The lowest BCUT2D eigenvalue weighted by atomic mass is 10.3. The Morgan fingerprint density at radius 1 is 1.67 bits per heavy atom. The predicted molar refractivity (Wildman–Crippen MR) is 53.0 cm³/mol. The zero-order chi connectivity index (χ0) is 11.8. The SMILES string of the molecule is COc1cc(C(=O)O)c(Br)cn1.O=NO. The zero-order valence-electron chi connectivity index (χ0n) is 7.55. The highest BCUT2D eigenvalue weighted by atomic mass is 79.9. The highest BCUT2D eigenvalue weighted by molar-refractivity contribution is 9.10. The Bertz CT molecular complexity index is 357. The van der Waals surface area contributed by atoms with E-state index in [0.717, 1.165) is 0 Å². The molecule has 1 aromatic heterocycles. The number of carboxylic acids is 1. The van der Waals surface area contributed by atoms with Gasteiger partial charge in [0, 0.05) is 12.3 Å². The first-order valence-electron chi connectivity index (χ1n) is 3.46. The number of carbonyl (C=O) groups is 1. The summed E-state index contributed by atoms with van der Waals surface area (Å²) in [6, 6.07) is 1.35. The number of hydrogen-bond acceptors (Lipinski definition) is 5. The average Bonchev–Trinajstić information content (AvgIpc) is 2.19. The molecule has 0 aliphatic carbocycles. The summed E-state index contributed by atoms with van der Waals surface area (Å²) in [6.45, 7) is 0. The standard InChI is InChI=1S/C7H6BrNO3.HNO2/c1-12-6-2-4(7(10)11)5(8)3-9-6;2-1-3/h2-3H,1H3,(H,10,11);(H,2,3). The summed E-state index contributed by atoms with van der Waals surface area (Å²) in [5, 5.41) is 16.6. The van der Waals surface area contributed by atoms with E-state index in [1.54, 1.807) is 0 Å². The summed E-state index contributed by atoms with van der Waals surface area (Å²) in [5.74, 6) is -0.724. The number of halogens is 1. The molecule has 0 aromatic carbocycles. The fourth-order valence-corrected chi connectivity index (χ4v) is 1.08. The number of carboxylic acid groups (broad SMARTS) is 1. The molecule has 0 bridgehead atoms. The summed E-state index contributed by atoms with van der Waals surface area (Å²) in [6.07, 6.45) is 1.39. The minimum atomic E-state index is -1.01. The monoisotopic (exact) mass is 278 g/mol. The van der Waals surface area contributed by atoms with E-state index in [9.17, 15) is 4.79 Å². The van der Waals surface area contributed by atoms with Crippen LogP contribution in [0.3, 0.4) is 0 Å². The topological polar surface area (TPSA) is 109 Å². The van der Waals surface area contributed by atoms with Gasteiger partial charge in [0.25, 0.3) is 0 Å². The Kier molecular flexibility index (Phi) is 5.95. The molecule has 7 nitrogen and oxygen atoms in total. The normalized spacial score (nSPS) is 8.40. The fraction of sp³-hybridized carbons (Fsp3) is 0.143. The predicted octanol–water partition coefficient (Wildman–Crippen LogP) is 1.69. The van der Waals surface area contributed by atoms with Crippen molar-refractivity contribution in [1.82, 2.24) is 4.98 Å². The van der Waals surface area contributed by atoms with E-state index in [1.807, 2.05) is 0 Å². The molecule has 15 heavy (non-hydrogen) atoms. The highest BCUT2D eigenvalue weighted by Crippen LogP contribution is 2.19. The number of hydrogen-bond donors (Lipinski definition) is 2. The Labute approximate surface area is 92.8 Å². The van der Waals surface area contributed by atoms with E-state index < -0.39 is 5.97 Å². The third-order valence-electron chi connectivity index (χ3n) is 1.27. The summed E-state index contributed by atoms with van der Waals surface area (Å²) in [4.78, 5) is 22.5. The smallest absolute Gasteiger partial charge is 0.337 e. The van der Waals surface area contributed by atoms with Crippen LogP contribution in [0, 0.1) is 4.91 Å². The van der Waals surface area contributed by atoms with Gasteiger partial charge in [-0.25, -0.2) is 9.78 Å². The maximum Gasteiger partial charge on any atom is 0.337 e. The van der Waals surface area contributed by atoms with Crippen molar-refractivity contribution in [3.05, 3.63) is 27.2 Å². The third-order valence-corrected chi connectivity index (χ3v) is 1.90. The second kappa shape index (κ2) is 6.71. The van der Waals surface area contributed by atoms with E-state index in [1.165, 1.54) is 24.7 Å². The van der Waals surface area contributed by atoms with Crippen LogP contribution in [-0.4, -0.2) is 28.4 Å². The molecule has 82 valence electrons. The van der Waals surface area contributed by atoms with Crippen molar-refractivity contribution in [3.8, 4) is 5.88 Å². The van der Waals surface area contributed by atoms with Crippen molar-refractivity contribution in [2.75, 3.05) is 7.11 Å². The highest BCUT2D eigenvalue weighted by Gasteiger charge is 2.09. The molecule has 0 fully saturated rings. The first kappa shape index (κ1) is 13.3. The number of pyridine rings is 1. The molecule has 0 unspecified atom stereocenters. The molecule has 0 aliphatic rings. The second-order valence-electron chi connectivity index (χ2n) is 2.09.